The van der Waals surface area contributed by atoms with Gasteiger partial charge < -0.3 is 10.2 Å². The summed E-state index contributed by atoms with van der Waals surface area (Å²) >= 11 is 5.69. The minimum atomic E-state index is -4.82. The van der Waals surface area contributed by atoms with E-state index in [2.05, 4.69) is 20.4 Å². The highest BCUT2D eigenvalue weighted by Gasteiger charge is 2.51. The van der Waals surface area contributed by atoms with Crippen molar-refractivity contribution >= 4 is 51.8 Å². The number of benzene rings is 3. The van der Waals surface area contributed by atoms with E-state index in [0.717, 1.165) is 22.6 Å². The molecule has 4 heterocycles. The first-order chi connectivity index (χ1) is 22.7. The van der Waals surface area contributed by atoms with Crippen molar-refractivity contribution in [1.29, 1.82) is 5.26 Å². The van der Waals surface area contributed by atoms with Crippen molar-refractivity contribution in [3.63, 3.8) is 0 Å². The van der Waals surface area contributed by atoms with Gasteiger partial charge in [0.2, 0.25) is 0 Å². The summed E-state index contributed by atoms with van der Waals surface area (Å²) in [5, 5.41) is 16.8. The molecule has 0 radical (unpaired) electrons. The van der Waals surface area contributed by atoms with Crippen molar-refractivity contribution < 1.29 is 27.2 Å². The predicted octanol–water partition coefficient (Wildman–Crippen LogP) is 5.70. The number of rotatable bonds is 4. The Hall–Kier alpha value is -5.49. The van der Waals surface area contributed by atoms with Crippen LogP contribution in [0.2, 0.25) is 0 Å². The van der Waals surface area contributed by atoms with Gasteiger partial charge in [-0.1, -0.05) is 12.1 Å². The Bertz CT molecular complexity index is 2130. The number of ketones is 1. The highest BCUT2D eigenvalue weighted by Crippen LogP contribution is 2.46. The zero-order chi connectivity index (χ0) is 34.3. The molecular weight excluding hydrogens is 648 g/mol. The Morgan fingerprint density at radius 3 is 2.42 bits per heavy atom. The molecule has 1 fully saturated rings. The van der Waals surface area contributed by atoms with Gasteiger partial charge in [0.1, 0.15) is 30.1 Å². The standard InChI is InChI=1S/C33H24F4N8O2S/c1-32(2)30(47)44(20-9-6-17(13-38)22(12-20)33(35,36)37)31(48)45(32)19-7-4-16(5-8-19)27-26(29-40-15-41-43(29)3)28-25-21(24(46)14-39-28)10-18(34)11-23(25)42-27/h4-12,15,26-27,42H,14H2,1-3H3/t26-,27-/m0/s1. The fourth-order valence-corrected chi connectivity index (χ4v) is 7.15. The van der Waals surface area contributed by atoms with Crippen molar-refractivity contribution in [2.75, 3.05) is 21.7 Å². The summed E-state index contributed by atoms with van der Waals surface area (Å²) < 4.78 is 57.6. The normalized spacial score (nSPS) is 20.0. The third-order valence-corrected chi connectivity index (χ3v) is 9.25. The Labute approximate surface area is 276 Å². The number of thiocarbonyl (C=S) groups is 1. The first kappa shape index (κ1) is 31.1. The summed E-state index contributed by atoms with van der Waals surface area (Å²) in [6.45, 7) is 3.09. The predicted molar refractivity (Wildman–Crippen MR) is 171 cm³/mol. The Morgan fingerprint density at radius 2 is 1.77 bits per heavy atom. The van der Waals surface area contributed by atoms with Crippen molar-refractivity contribution in [1.82, 2.24) is 14.8 Å². The van der Waals surface area contributed by atoms with Gasteiger partial charge in [-0.2, -0.15) is 23.5 Å². The van der Waals surface area contributed by atoms with E-state index in [1.807, 2.05) is 0 Å². The topological polar surface area (TPSA) is 120 Å². The number of carbonyl (C=O) groups excluding carboxylic acids is 2. The number of hydrogen-bond acceptors (Lipinski definition) is 8. The summed E-state index contributed by atoms with van der Waals surface area (Å²) in [5.74, 6) is -1.37. The fraction of sp³-hybridized carbons (Fsp3) is 0.242. The molecular formula is C33H24F4N8O2S. The van der Waals surface area contributed by atoms with Crippen molar-refractivity contribution in [3.05, 3.63) is 100 Å². The number of nitriles is 1. The van der Waals surface area contributed by atoms with Crippen LogP contribution in [0.15, 0.2) is 65.9 Å². The molecule has 7 rings (SSSR count). The van der Waals surface area contributed by atoms with E-state index in [1.165, 1.54) is 24.5 Å². The monoisotopic (exact) mass is 672 g/mol. The number of nitrogens with zero attached hydrogens (tertiary/aromatic N) is 7. The molecule has 0 spiro atoms. The van der Waals surface area contributed by atoms with Crippen molar-refractivity contribution in [3.8, 4) is 6.07 Å². The highest BCUT2D eigenvalue weighted by molar-refractivity contribution is 7.81. The summed E-state index contributed by atoms with van der Waals surface area (Å²) in [6, 6.07) is 13.6. The maximum atomic E-state index is 14.7. The van der Waals surface area contributed by atoms with Gasteiger partial charge in [0.15, 0.2) is 10.9 Å². The average molecular weight is 673 g/mol. The van der Waals surface area contributed by atoms with Crippen molar-refractivity contribution in [2.45, 2.75) is 37.5 Å². The number of aromatic nitrogens is 3. The Kier molecular flexibility index (Phi) is 6.99. The zero-order valence-corrected chi connectivity index (χ0v) is 26.3. The largest absolute Gasteiger partial charge is 0.417 e. The van der Waals surface area contributed by atoms with E-state index >= 15 is 0 Å². The molecule has 2 atom stereocenters. The van der Waals surface area contributed by atoms with E-state index in [1.54, 1.807) is 60.8 Å². The number of anilines is 3. The van der Waals surface area contributed by atoms with Gasteiger partial charge in [-0.15, -0.1) is 0 Å². The number of nitrogens with one attached hydrogen (secondary N) is 1. The number of aryl methyl sites for hydroxylation is 1. The van der Waals surface area contributed by atoms with Gasteiger partial charge in [0, 0.05) is 29.5 Å². The Morgan fingerprint density at radius 1 is 1.06 bits per heavy atom. The van der Waals surface area contributed by atoms with Gasteiger partial charge >= 0.3 is 6.18 Å². The van der Waals surface area contributed by atoms with Gasteiger partial charge in [-0.3, -0.25) is 24.2 Å². The molecule has 1 N–H and O–H groups in total. The average Bonchev–Trinajstić information content (AvgIpc) is 3.54. The van der Waals surface area contributed by atoms with Gasteiger partial charge in [0.05, 0.1) is 40.6 Å². The lowest BCUT2D eigenvalue weighted by molar-refractivity contribution is -0.137. The number of amides is 1. The molecule has 0 saturated carbocycles. The minimum Gasteiger partial charge on any atom is -0.376 e. The van der Waals surface area contributed by atoms with E-state index in [4.69, 9.17) is 12.2 Å². The zero-order valence-electron chi connectivity index (χ0n) is 25.5. The molecule has 1 aromatic heterocycles. The molecule has 3 aliphatic rings. The second-order valence-corrected chi connectivity index (χ2v) is 12.5. The number of alkyl halides is 3. The number of halogens is 4. The quantitative estimate of drug-likeness (QED) is 0.217. The number of Topliss-reactive ketones (excluding diaryl/α,β-unsaturated/α-hetero) is 1. The molecule has 3 aliphatic heterocycles. The molecule has 48 heavy (non-hydrogen) atoms. The van der Waals surface area contributed by atoms with Crippen LogP contribution in [-0.2, 0) is 18.0 Å². The summed E-state index contributed by atoms with van der Waals surface area (Å²) in [7, 11) is 1.74. The van der Waals surface area contributed by atoms with Crippen molar-refractivity contribution in [2.24, 2.45) is 12.0 Å². The molecule has 10 nitrogen and oxygen atoms in total. The van der Waals surface area contributed by atoms with Gasteiger partial charge in [-0.05, 0) is 74.1 Å². The molecule has 1 saturated heterocycles. The van der Waals surface area contributed by atoms with Crippen LogP contribution < -0.4 is 15.1 Å². The van der Waals surface area contributed by atoms with Crippen LogP contribution in [0.1, 0.15) is 64.2 Å². The van der Waals surface area contributed by atoms with Crippen LogP contribution in [0, 0.1) is 17.1 Å². The van der Waals surface area contributed by atoms with Crippen LogP contribution in [0.25, 0.3) is 0 Å². The summed E-state index contributed by atoms with van der Waals surface area (Å²) in [5.41, 5.74) is -0.162. The van der Waals surface area contributed by atoms with E-state index in [-0.39, 0.29) is 28.7 Å². The second kappa shape index (κ2) is 10.8. The fourth-order valence-electron chi connectivity index (χ4n) is 6.62. The van der Waals surface area contributed by atoms with Crippen LogP contribution in [0.3, 0.4) is 0 Å². The molecule has 0 unspecified atom stereocenters. The smallest absolute Gasteiger partial charge is 0.376 e. The molecule has 4 aromatic rings. The maximum absolute atomic E-state index is 14.7. The maximum Gasteiger partial charge on any atom is 0.417 e. The summed E-state index contributed by atoms with van der Waals surface area (Å²) in [4.78, 5) is 38.1. The van der Waals surface area contributed by atoms with E-state index in [0.29, 0.717) is 28.5 Å². The van der Waals surface area contributed by atoms with Crippen LogP contribution in [-0.4, -0.2) is 49.4 Å². The highest BCUT2D eigenvalue weighted by atomic mass is 32.1. The second-order valence-electron chi connectivity index (χ2n) is 12.1. The van der Waals surface area contributed by atoms with E-state index in [9.17, 15) is 32.4 Å². The lowest BCUT2D eigenvalue weighted by Crippen LogP contribution is -2.44. The van der Waals surface area contributed by atoms with E-state index < -0.39 is 46.5 Å². The lowest BCUT2D eigenvalue weighted by atomic mass is 9.78. The van der Waals surface area contributed by atoms with Gasteiger partial charge in [0.25, 0.3) is 5.91 Å². The van der Waals surface area contributed by atoms with Crippen LogP contribution in [0.5, 0.6) is 0 Å². The summed E-state index contributed by atoms with van der Waals surface area (Å²) in [6.07, 6.45) is -3.41. The number of carbonyl (C=O) groups is 2. The molecule has 1 amide bonds. The first-order valence-corrected chi connectivity index (χ1v) is 15.0. The Balaban J connectivity index is 1.27. The number of hydrogen-bond donors (Lipinski definition) is 1. The molecule has 3 aromatic carbocycles. The SMILES string of the molecule is Cn1ncnc1[C@@H]1C2=NCC(=O)c3cc(F)cc(c32)N[C@H]1c1ccc(N2C(=S)N(c3ccc(C#N)c(C(F)(F)F)c3)C(=O)C2(C)C)cc1. The molecule has 0 aliphatic carbocycles. The van der Waals surface area contributed by atoms with Crippen LogP contribution in [0.4, 0.5) is 34.6 Å². The van der Waals surface area contributed by atoms with Gasteiger partial charge in [-0.25, -0.2) is 9.37 Å². The lowest BCUT2D eigenvalue weighted by Gasteiger charge is -2.38. The third kappa shape index (κ3) is 4.66. The minimum absolute atomic E-state index is 0.0403. The molecule has 242 valence electrons. The van der Waals surface area contributed by atoms with Crippen LogP contribution >= 0.6 is 12.2 Å². The molecule has 0 bridgehead atoms. The molecule has 15 heteroatoms. The first-order valence-electron chi connectivity index (χ1n) is 14.6. The third-order valence-electron chi connectivity index (χ3n) is 8.88. The number of aliphatic imine (C=N–C) groups is 1.